The first-order valence-electron chi connectivity index (χ1n) is 5.16. The first kappa shape index (κ1) is 15.0. The summed E-state index contributed by atoms with van der Waals surface area (Å²) >= 11 is 7.90. The van der Waals surface area contributed by atoms with Crippen LogP contribution in [0.2, 0.25) is 5.02 Å². The van der Waals surface area contributed by atoms with E-state index in [1.165, 1.54) is 0 Å². The van der Waals surface area contributed by atoms with E-state index in [0.29, 0.717) is 10.6 Å². The van der Waals surface area contributed by atoms with Crippen molar-refractivity contribution in [3.8, 4) is 0 Å². The van der Waals surface area contributed by atoms with Crippen LogP contribution in [-0.4, -0.2) is 23.5 Å². The summed E-state index contributed by atoms with van der Waals surface area (Å²) in [7, 11) is 0. The number of oxime groups is 1. The molecule has 0 saturated carbocycles. The van der Waals surface area contributed by atoms with Gasteiger partial charge in [-0.2, -0.15) is 0 Å². The fraction of sp³-hybridized carbons (Fsp3) is 0.273. The number of nitrogens with zero attached hydrogens (tertiary/aromatic N) is 1. The second kappa shape index (κ2) is 6.79. The molecule has 0 radical (unpaired) electrons. The maximum atomic E-state index is 11.9. The Balaban J connectivity index is 2.69. The highest BCUT2D eigenvalue weighted by Crippen LogP contribution is 2.17. The number of hydrogen-bond acceptors (Lipinski definition) is 3. The molecule has 1 atom stereocenters. The van der Waals surface area contributed by atoms with E-state index >= 15 is 0 Å². The minimum absolute atomic E-state index is 0.0797. The lowest BCUT2D eigenvalue weighted by atomic mass is 10.1. The number of nitrogens with one attached hydrogen (secondary N) is 1. The number of hydrogen-bond donors (Lipinski definition) is 3. The van der Waals surface area contributed by atoms with Gasteiger partial charge in [-0.3, -0.25) is 4.79 Å². The zero-order valence-electron chi connectivity index (χ0n) is 9.65. The van der Waals surface area contributed by atoms with Gasteiger partial charge in [-0.1, -0.05) is 23.7 Å². The molecule has 7 heteroatoms. The molecule has 5 nitrogen and oxygen atoms in total. The number of carbonyl (C=O) groups is 1. The Labute approximate surface area is 124 Å². The van der Waals surface area contributed by atoms with Gasteiger partial charge in [0.15, 0.2) is 0 Å². The lowest BCUT2D eigenvalue weighted by molar-refractivity contribution is 0.0950. The number of halogens is 2. The van der Waals surface area contributed by atoms with Crippen LogP contribution in [0.1, 0.15) is 17.3 Å². The van der Waals surface area contributed by atoms with Crippen molar-refractivity contribution in [3.63, 3.8) is 0 Å². The topological polar surface area (TPSA) is 87.7 Å². The first-order valence-corrected chi connectivity index (χ1v) is 6.62. The second-order valence-corrected chi connectivity index (χ2v) is 5.36. The molecule has 0 aliphatic heterocycles. The van der Waals surface area contributed by atoms with E-state index in [9.17, 15) is 4.79 Å². The Kier molecular flexibility index (Phi) is 5.67. The van der Waals surface area contributed by atoms with Gasteiger partial charge in [-0.15, -0.1) is 0 Å². The van der Waals surface area contributed by atoms with Crippen LogP contribution in [0.4, 0.5) is 0 Å². The van der Waals surface area contributed by atoms with Crippen LogP contribution in [0, 0.1) is 9.49 Å². The van der Waals surface area contributed by atoms with E-state index in [2.05, 4.69) is 33.1 Å². The van der Waals surface area contributed by atoms with Crippen molar-refractivity contribution in [1.29, 1.82) is 0 Å². The van der Waals surface area contributed by atoms with Crippen LogP contribution in [0.3, 0.4) is 0 Å². The van der Waals surface area contributed by atoms with E-state index in [0.717, 1.165) is 3.57 Å². The summed E-state index contributed by atoms with van der Waals surface area (Å²) in [6, 6.07) is 5.09. The van der Waals surface area contributed by atoms with Gasteiger partial charge in [-0.05, 0) is 40.8 Å². The normalized spacial score (nSPS) is 13.2. The maximum absolute atomic E-state index is 11.9. The van der Waals surface area contributed by atoms with Gasteiger partial charge in [0.2, 0.25) is 0 Å². The molecular formula is C11H13ClIN3O2. The molecule has 1 aromatic carbocycles. The zero-order valence-corrected chi connectivity index (χ0v) is 12.6. The molecule has 0 aromatic heterocycles. The zero-order chi connectivity index (χ0) is 13.7. The number of amides is 1. The van der Waals surface area contributed by atoms with Gasteiger partial charge in [0.1, 0.15) is 5.84 Å². The van der Waals surface area contributed by atoms with Gasteiger partial charge in [-0.25, -0.2) is 0 Å². The minimum atomic E-state index is -0.240. The first-order chi connectivity index (χ1) is 8.45. The third kappa shape index (κ3) is 4.02. The predicted molar refractivity (Wildman–Crippen MR) is 79.1 cm³/mol. The predicted octanol–water partition coefficient (Wildman–Crippen LogP) is 2.06. The number of rotatable bonds is 4. The second-order valence-electron chi connectivity index (χ2n) is 3.76. The molecule has 0 heterocycles. The molecule has 0 spiro atoms. The average Bonchev–Trinajstić information content (AvgIpc) is 2.37. The summed E-state index contributed by atoms with van der Waals surface area (Å²) in [5.41, 5.74) is 5.93. The summed E-state index contributed by atoms with van der Waals surface area (Å²) in [4.78, 5) is 11.9. The molecule has 0 aliphatic carbocycles. The Hall–Kier alpha value is -1.02. The smallest absolute Gasteiger partial charge is 0.252 e. The third-order valence-corrected chi connectivity index (χ3v) is 3.54. The number of carbonyl (C=O) groups excluding carboxylic acids is 1. The molecule has 0 bridgehead atoms. The van der Waals surface area contributed by atoms with Crippen molar-refractivity contribution in [3.05, 3.63) is 32.4 Å². The Morgan fingerprint density at radius 3 is 2.94 bits per heavy atom. The summed E-state index contributed by atoms with van der Waals surface area (Å²) < 4.78 is 0.811. The highest BCUT2D eigenvalue weighted by Gasteiger charge is 2.13. The molecular weight excluding hydrogens is 368 g/mol. The van der Waals surface area contributed by atoms with E-state index in [1.54, 1.807) is 25.1 Å². The molecule has 1 aromatic rings. The minimum Gasteiger partial charge on any atom is -0.409 e. The van der Waals surface area contributed by atoms with Crippen molar-refractivity contribution in [2.45, 2.75) is 6.92 Å². The summed E-state index contributed by atoms with van der Waals surface area (Å²) in [5, 5.41) is 14.6. The fourth-order valence-corrected chi connectivity index (χ4v) is 1.97. The molecule has 98 valence electrons. The quantitative estimate of drug-likeness (QED) is 0.245. The largest absolute Gasteiger partial charge is 0.409 e. The van der Waals surface area contributed by atoms with E-state index in [1.807, 2.05) is 0 Å². The number of amidine groups is 1. The highest BCUT2D eigenvalue weighted by atomic mass is 127. The average molecular weight is 382 g/mol. The van der Waals surface area contributed by atoms with Gasteiger partial charge < -0.3 is 16.3 Å². The molecule has 0 fully saturated rings. The summed E-state index contributed by atoms with van der Waals surface area (Å²) in [6.07, 6.45) is 0. The molecule has 18 heavy (non-hydrogen) atoms. The van der Waals surface area contributed by atoms with Crippen LogP contribution in [0.15, 0.2) is 23.4 Å². The van der Waals surface area contributed by atoms with Crippen LogP contribution < -0.4 is 11.1 Å². The number of benzene rings is 1. The highest BCUT2D eigenvalue weighted by molar-refractivity contribution is 14.1. The lowest BCUT2D eigenvalue weighted by Crippen LogP contribution is -2.35. The monoisotopic (exact) mass is 381 g/mol. The maximum Gasteiger partial charge on any atom is 0.252 e. The molecule has 4 N–H and O–H groups in total. The Morgan fingerprint density at radius 2 is 2.33 bits per heavy atom. The lowest BCUT2D eigenvalue weighted by Gasteiger charge is -2.11. The van der Waals surface area contributed by atoms with Gasteiger partial charge in [0.05, 0.1) is 5.56 Å². The van der Waals surface area contributed by atoms with E-state index < -0.39 is 0 Å². The van der Waals surface area contributed by atoms with Crippen molar-refractivity contribution in [2.75, 3.05) is 6.54 Å². The third-order valence-electron chi connectivity index (χ3n) is 2.36. The van der Waals surface area contributed by atoms with Crippen LogP contribution in [0.25, 0.3) is 0 Å². The Morgan fingerprint density at radius 1 is 1.67 bits per heavy atom. The van der Waals surface area contributed by atoms with E-state index in [4.69, 9.17) is 22.5 Å². The fourth-order valence-electron chi connectivity index (χ4n) is 1.22. The van der Waals surface area contributed by atoms with Gasteiger partial charge in [0, 0.05) is 21.1 Å². The Bertz CT molecular complexity index is 479. The SMILES string of the molecule is CC(CNC(=O)c1cc(Cl)ccc1I)/C(N)=N/O. The molecule has 0 saturated heterocycles. The van der Waals surface area contributed by atoms with Gasteiger partial charge in [0.25, 0.3) is 5.91 Å². The molecule has 0 aliphatic rings. The van der Waals surface area contributed by atoms with Crippen LogP contribution in [0.5, 0.6) is 0 Å². The van der Waals surface area contributed by atoms with Crippen molar-refractivity contribution < 1.29 is 10.0 Å². The van der Waals surface area contributed by atoms with Crippen molar-refractivity contribution in [2.24, 2.45) is 16.8 Å². The summed E-state index contributed by atoms with van der Waals surface area (Å²) in [5.74, 6) is -0.397. The standard InChI is InChI=1S/C11H13ClIN3O2/c1-6(10(14)16-18)5-15-11(17)8-4-7(12)2-3-9(8)13/h2-4,6,18H,5H2,1H3,(H2,14,16)(H,15,17). The van der Waals surface area contributed by atoms with Crippen molar-refractivity contribution >= 4 is 45.9 Å². The van der Waals surface area contributed by atoms with Crippen molar-refractivity contribution in [1.82, 2.24) is 5.32 Å². The number of nitrogens with two attached hydrogens (primary N) is 1. The molecule has 1 unspecified atom stereocenters. The molecule has 1 rings (SSSR count). The van der Waals surface area contributed by atoms with Crippen LogP contribution >= 0.6 is 34.2 Å². The van der Waals surface area contributed by atoms with Crippen LogP contribution in [-0.2, 0) is 0 Å². The molecule has 1 amide bonds. The van der Waals surface area contributed by atoms with E-state index in [-0.39, 0.29) is 24.2 Å². The van der Waals surface area contributed by atoms with Gasteiger partial charge >= 0.3 is 0 Å². The summed E-state index contributed by atoms with van der Waals surface area (Å²) in [6.45, 7) is 2.04.